The molecule has 14 heteroatoms. The Bertz CT molecular complexity index is 844. The molecule has 11 atom stereocenters. The molecule has 2 saturated heterocycles. The number of aliphatic hydroxyl groups is 8. The minimum atomic E-state index is -1.72. The van der Waals surface area contributed by atoms with Gasteiger partial charge in [0.1, 0.15) is 61.5 Å². The van der Waals surface area contributed by atoms with Gasteiger partial charge in [0, 0.05) is 6.42 Å². The fourth-order valence-corrected chi connectivity index (χ4v) is 5.44. The standard InChI is InChI=1S/C33H60O14/c1-2-3-4-5-6-7-8-9-10-11-12-13-14-15-16-17-25(36)43-19-22(35)20-44-32-31(42)29(40)27(38)24(47-32)21-45-33-30(41)28(39)26(37)23(18-34)46-33/h9-10,22-24,26-35,37-42H,2-8,11-21H2,1H3/t22-,23+,24+,26+,27+,28-,29-,30+,31+,32+,33+/m0/s1. The predicted octanol–water partition coefficient (Wildman–Crippen LogP) is 0.569. The number of rotatable bonds is 24. The van der Waals surface area contributed by atoms with Crippen LogP contribution < -0.4 is 0 Å². The van der Waals surface area contributed by atoms with E-state index in [0.29, 0.717) is 6.42 Å². The highest BCUT2D eigenvalue weighted by Crippen LogP contribution is 2.26. The van der Waals surface area contributed by atoms with Crippen LogP contribution in [-0.4, -0.2) is 141 Å². The number of unbranched alkanes of at least 4 members (excludes halogenated alkanes) is 11. The number of esters is 1. The molecule has 0 aromatic carbocycles. The van der Waals surface area contributed by atoms with E-state index in [1.807, 2.05) is 0 Å². The molecule has 0 amide bonds. The largest absolute Gasteiger partial charge is 0.463 e. The summed E-state index contributed by atoms with van der Waals surface area (Å²) in [5, 5.41) is 80.3. The summed E-state index contributed by atoms with van der Waals surface area (Å²) in [4.78, 5) is 12.1. The van der Waals surface area contributed by atoms with E-state index in [9.17, 15) is 45.6 Å². The Labute approximate surface area is 278 Å². The maximum atomic E-state index is 12.1. The molecule has 2 heterocycles. The minimum absolute atomic E-state index is 0.233. The minimum Gasteiger partial charge on any atom is -0.463 e. The van der Waals surface area contributed by atoms with Crippen LogP contribution in [0.4, 0.5) is 0 Å². The van der Waals surface area contributed by atoms with Crippen molar-refractivity contribution >= 4 is 5.97 Å². The Balaban J connectivity index is 1.57. The summed E-state index contributed by atoms with van der Waals surface area (Å²) in [5.41, 5.74) is 0. The van der Waals surface area contributed by atoms with Crippen molar-refractivity contribution in [1.29, 1.82) is 0 Å². The lowest BCUT2D eigenvalue weighted by Gasteiger charge is -2.42. The summed E-state index contributed by atoms with van der Waals surface area (Å²) in [6.07, 6.45) is 3.00. The number of carbonyl (C=O) groups excluding carboxylic acids is 1. The van der Waals surface area contributed by atoms with Crippen molar-refractivity contribution in [2.75, 3.05) is 26.4 Å². The molecule has 0 saturated carbocycles. The maximum Gasteiger partial charge on any atom is 0.305 e. The van der Waals surface area contributed by atoms with Crippen LogP contribution in [0.2, 0.25) is 0 Å². The molecule has 0 aromatic rings. The third-order valence-electron chi connectivity index (χ3n) is 8.47. The maximum absolute atomic E-state index is 12.1. The van der Waals surface area contributed by atoms with Crippen LogP contribution in [0, 0.1) is 0 Å². The van der Waals surface area contributed by atoms with Gasteiger partial charge in [-0.2, -0.15) is 0 Å². The van der Waals surface area contributed by atoms with Gasteiger partial charge in [-0.15, -0.1) is 0 Å². The molecule has 47 heavy (non-hydrogen) atoms. The first-order chi connectivity index (χ1) is 22.6. The number of hydrogen-bond acceptors (Lipinski definition) is 14. The smallest absolute Gasteiger partial charge is 0.305 e. The molecular formula is C33H60O14. The van der Waals surface area contributed by atoms with Gasteiger partial charge in [-0.1, -0.05) is 70.4 Å². The highest BCUT2D eigenvalue weighted by Gasteiger charge is 2.47. The summed E-state index contributed by atoms with van der Waals surface area (Å²) >= 11 is 0. The van der Waals surface area contributed by atoms with Gasteiger partial charge >= 0.3 is 5.97 Å². The van der Waals surface area contributed by atoms with E-state index >= 15 is 0 Å². The van der Waals surface area contributed by atoms with Crippen molar-refractivity contribution in [1.82, 2.24) is 0 Å². The molecule has 2 aliphatic rings. The summed E-state index contributed by atoms with van der Waals surface area (Å²) in [6.45, 7) is 0.287. The van der Waals surface area contributed by atoms with Gasteiger partial charge in [-0.05, 0) is 32.1 Å². The van der Waals surface area contributed by atoms with Gasteiger partial charge in [-0.25, -0.2) is 0 Å². The van der Waals surface area contributed by atoms with Crippen LogP contribution in [0.1, 0.15) is 96.8 Å². The first kappa shape index (κ1) is 41.9. The molecule has 276 valence electrons. The number of hydrogen-bond donors (Lipinski definition) is 8. The molecule has 0 radical (unpaired) electrons. The molecule has 0 unspecified atom stereocenters. The molecular weight excluding hydrogens is 620 g/mol. The van der Waals surface area contributed by atoms with Crippen LogP contribution >= 0.6 is 0 Å². The van der Waals surface area contributed by atoms with Crippen LogP contribution in [0.15, 0.2) is 12.2 Å². The first-order valence-corrected chi connectivity index (χ1v) is 17.3. The Kier molecular flexibility index (Phi) is 21.4. The zero-order valence-electron chi connectivity index (χ0n) is 27.8. The van der Waals surface area contributed by atoms with Crippen LogP contribution in [0.25, 0.3) is 0 Å². The van der Waals surface area contributed by atoms with Gasteiger partial charge in [-0.3, -0.25) is 4.79 Å². The molecule has 2 fully saturated rings. The van der Waals surface area contributed by atoms with E-state index in [1.54, 1.807) is 0 Å². The van der Waals surface area contributed by atoms with Crippen LogP contribution in [0.5, 0.6) is 0 Å². The monoisotopic (exact) mass is 680 g/mol. The number of carbonyl (C=O) groups is 1. The molecule has 2 rings (SSSR count). The highest BCUT2D eigenvalue weighted by atomic mass is 16.7. The predicted molar refractivity (Wildman–Crippen MR) is 169 cm³/mol. The van der Waals surface area contributed by atoms with Crippen molar-refractivity contribution in [3.8, 4) is 0 Å². The van der Waals surface area contributed by atoms with E-state index in [0.717, 1.165) is 38.5 Å². The Morgan fingerprint density at radius 1 is 0.660 bits per heavy atom. The van der Waals surface area contributed by atoms with E-state index in [1.165, 1.54) is 38.5 Å². The number of aliphatic hydroxyl groups excluding tert-OH is 8. The lowest BCUT2D eigenvalue weighted by molar-refractivity contribution is -0.332. The van der Waals surface area contributed by atoms with Crippen molar-refractivity contribution in [3.63, 3.8) is 0 Å². The molecule has 0 aromatic heterocycles. The molecule has 0 aliphatic carbocycles. The molecule has 0 spiro atoms. The summed E-state index contributed by atoms with van der Waals surface area (Å²) in [7, 11) is 0. The Hall–Kier alpha value is -1.27. The molecule has 2 aliphatic heterocycles. The second-order valence-electron chi connectivity index (χ2n) is 12.5. The third-order valence-corrected chi connectivity index (χ3v) is 8.47. The average Bonchev–Trinajstić information content (AvgIpc) is 3.06. The SMILES string of the molecule is CCCCCCCCC=CCCCCCCCC(=O)OC[C@H](O)CO[C@@H]1O[C@H](CO[C@@H]2O[C@H](CO)[C@@H](O)[C@H](O)[C@H]2O)[C@@H](O)[C@H](O)[C@H]1O. The van der Waals surface area contributed by atoms with E-state index in [2.05, 4.69) is 19.1 Å². The second-order valence-corrected chi connectivity index (χ2v) is 12.5. The van der Waals surface area contributed by atoms with E-state index in [4.69, 9.17) is 23.7 Å². The zero-order valence-corrected chi connectivity index (χ0v) is 27.8. The van der Waals surface area contributed by atoms with Gasteiger partial charge in [0.25, 0.3) is 0 Å². The van der Waals surface area contributed by atoms with Crippen LogP contribution in [-0.2, 0) is 28.5 Å². The summed E-state index contributed by atoms with van der Waals surface area (Å²) < 4.78 is 26.6. The van der Waals surface area contributed by atoms with E-state index < -0.39 is 93.3 Å². The van der Waals surface area contributed by atoms with Crippen molar-refractivity contribution in [2.45, 2.75) is 164 Å². The third kappa shape index (κ3) is 15.4. The zero-order chi connectivity index (χ0) is 34.6. The topological polar surface area (TPSA) is 225 Å². The van der Waals surface area contributed by atoms with Gasteiger partial charge in [0.2, 0.25) is 0 Å². The summed E-state index contributed by atoms with van der Waals surface area (Å²) in [6, 6.07) is 0. The van der Waals surface area contributed by atoms with Gasteiger partial charge in [0.05, 0.1) is 19.8 Å². The molecule has 14 nitrogen and oxygen atoms in total. The number of ether oxygens (including phenoxy) is 5. The molecule has 8 N–H and O–H groups in total. The van der Waals surface area contributed by atoms with Crippen molar-refractivity contribution < 1.29 is 69.3 Å². The Morgan fingerprint density at radius 3 is 1.77 bits per heavy atom. The number of allylic oxidation sites excluding steroid dienone is 2. The van der Waals surface area contributed by atoms with Crippen LogP contribution in [0.3, 0.4) is 0 Å². The fourth-order valence-electron chi connectivity index (χ4n) is 5.44. The van der Waals surface area contributed by atoms with Crippen molar-refractivity contribution in [3.05, 3.63) is 12.2 Å². The average molecular weight is 681 g/mol. The van der Waals surface area contributed by atoms with E-state index in [-0.39, 0.29) is 13.0 Å². The second kappa shape index (κ2) is 24.0. The fraction of sp³-hybridized carbons (Fsp3) is 0.909. The van der Waals surface area contributed by atoms with Crippen molar-refractivity contribution in [2.24, 2.45) is 0 Å². The molecule has 0 bridgehead atoms. The quantitative estimate of drug-likeness (QED) is 0.0397. The van der Waals surface area contributed by atoms with Gasteiger partial charge < -0.3 is 64.5 Å². The first-order valence-electron chi connectivity index (χ1n) is 17.3. The Morgan fingerprint density at radius 2 is 1.17 bits per heavy atom. The summed E-state index contributed by atoms with van der Waals surface area (Å²) in [5.74, 6) is -0.445. The van der Waals surface area contributed by atoms with Gasteiger partial charge in [0.15, 0.2) is 12.6 Å². The lowest BCUT2D eigenvalue weighted by Crippen LogP contribution is -2.61. The lowest BCUT2D eigenvalue weighted by atomic mass is 9.98. The normalized spacial score (nSPS) is 32.1. The highest BCUT2D eigenvalue weighted by molar-refractivity contribution is 5.69.